The van der Waals surface area contributed by atoms with E-state index in [9.17, 15) is 0 Å². The van der Waals surface area contributed by atoms with Crippen LogP contribution in [0.15, 0.2) is 24.5 Å². The van der Waals surface area contributed by atoms with Crippen LogP contribution in [0.25, 0.3) is 0 Å². The molecular weight excluding hydrogens is 242 g/mol. The van der Waals surface area contributed by atoms with Gasteiger partial charge in [0.15, 0.2) is 18.9 Å². The van der Waals surface area contributed by atoms with E-state index in [2.05, 4.69) is 19.2 Å². The van der Waals surface area contributed by atoms with E-state index in [-0.39, 0.29) is 23.6 Å². The molecule has 1 heterocycles. The quantitative estimate of drug-likeness (QED) is 0.628. The van der Waals surface area contributed by atoms with Crippen LogP contribution in [0, 0.1) is 0 Å². The van der Waals surface area contributed by atoms with Crippen molar-refractivity contribution in [3.8, 4) is 0 Å². The Kier molecular flexibility index (Phi) is 7.71. The minimum Gasteiger partial charge on any atom is -1.00 e. The molecule has 0 fully saturated rings. The smallest absolute Gasteiger partial charge is 0.172 e. The van der Waals surface area contributed by atoms with E-state index in [4.69, 9.17) is 5.11 Å². The van der Waals surface area contributed by atoms with Crippen LogP contribution >= 0.6 is 0 Å². The topological polar surface area (TPSA) is 24.1 Å². The second kappa shape index (κ2) is 7.94. The number of aromatic nitrogens is 1. The molecule has 0 spiro atoms. The zero-order chi connectivity index (χ0) is 9.52. The molecule has 0 radical (unpaired) electrons. The Balaban J connectivity index is 0.00000169. The molecule has 1 rings (SSSR count). The summed E-state index contributed by atoms with van der Waals surface area (Å²) in [5.41, 5.74) is 1.36. The Morgan fingerprint density at radius 1 is 1.43 bits per heavy atom. The second-order valence-corrected chi connectivity index (χ2v) is 3.28. The van der Waals surface area contributed by atoms with Gasteiger partial charge < -0.3 is 22.1 Å². The van der Waals surface area contributed by atoms with E-state index in [1.54, 1.807) is 0 Å². The first-order valence-electron chi connectivity index (χ1n) is 4.95. The summed E-state index contributed by atoms with van der Waals surface area (Å²) < 4.78 is 2.03. The summed E-state index contributed by atoms with van der Waals surface area (Å²) in [5.74, 6) is 0. The van der Waals surface area contributed by atoms with Gasteiger partial charge in [0.05, 0.1) is 0 Å². The summed E-state index contributed by atoms with van der Waals surface area (Å²) in [6.07, 6.45) is 7.72. The summed E-state index contributed by atoms with van der Waals surface area (Å²) in [6.45, 7) is 3.10. The first kappa shape index (κ1) is 13.6. The molecule has 1 aromatic heterocycles. The van der Waals surface area contributed by atoms with Gasteiger partial charge in [0.1, 0.15) is 6.61 Å². The molecule has 0 aliphatic heterocycles. The van der Waals surface area contributed by atoms with Crippen molar-refractivity contribution in [2.75, 3.05) is 6.61 Å². The first-order chi connectivity index (χ1) is 6.36. The third-order valence-electron chi connectivity index (χ3n) is 2.10. The van der Waals surface area contributed by atoms with Crippen LogP contribution in [0.1, 0.15) is 25.3 Å². The lowest BCUT2D eigenvalue weighted by Crippen LogP contribution is -3.00. The monoisotopic (exact) mass is 259 g/mol. The molecule has 0 aromatic carbocycles. The van der Waals surface area contributed by atoms with Crippen LogP contribution in [0.2, 0.25) is 0 Å². The maximum Gasteiger partial charge on any atom is 0.172 e. The number of aliphatic hydroxyl groups excluding tert-OH is 1. The molecule has 0 unspecified atom stereocenters. The van der Waals surface area contributed by atoms with E-state index in [1.807, 2.05) is 16.8 Å². The summed E-state index contributed by atoms with van der Waals surface area (Å²) >= 11 is 0. The van der Waals surface area contributed by atoms with Crippen LogP contribution in [0.4, 0.5) is 0 Å². The molecule has 3 heteroatoms. The SMILES string of the molecule is CCCCc1ccc[n+](CCO)c1.[Br-]. The fourth-order valence-corrected chi connectivity index (χ4v) is 1.36. The lowest BCUT2D eigenvalue weighted by Gasteiger charge is -1.98. The molecule has 0 atom stereocenters. The molecule has 0 saturated heterocycles. The number of rotatable bonds is 5. The number of nitrogens with zero attached hydrogens (tertiary/aromatic N) is 1. The van der Waals surface area contributed by atoms with Crippen molar-refractivity contribution in [1.82, 2.24) is 0 Å². The van der Waals surface area contributed by atoms with Crippen LogP contribution < -0.4 is 21.5 Å². The standard InChI is InChI=1S/C11H18NO.BrH/c1-2-3-5-11-6-4-7-12(10-11)8-9-13;/h4,6-7,10,13H,2-3,5,8-9H2,1H3;1H/q+1;/p-1. The Morgan fingerprint density at radius 2 is 2.21 bits per heavy atom. The fraction of sp³-hybridized carbons (Fsp3) is 0.545. The highest BCUT2D eigenvalue weighted by molar-refractivity contribution is 5.05. The average Bonchev–Trinajstić information content (AvgIpc) is 2.16. The van der Waals surface area contributed by atoms with Gasteiger partial charge in [-0.2, -0.15) is 0 Å². The predicted molar refractivity (Wildman–Crippen MR) is 52.3 cm³/mol. The van der Waals surface area contributed by atoms with Crippen LogP contribution in [-0.2, 0) is 13.0 Å². The van der Waals surface area contributed by atoms with Crippen molar-refractivity contribution >= 4 is 0 Å². The molecule has 1 N–H and O–H groups in total. The van der Waals surface area contributed by atoms with Crippen molar-refractivity contribution in [2.24, 2.45) is 0 Å². The minimum absolute atomic E-state index is 0. The first-order valence-corrected chi connectivity index (χ1v) is 4.95. The summed E-state index contributed by atoms with van der Waals surface area (Å²) in [5, 5.41) is 8.77. The molecule has 2 nitrogen and oxygen atoms in total. The van der Waals surface area contributed by atoms with Crippen molar-refractivity contribution in [2.45, 2.75) is 32.7 Å². The molecule has 1 aromatic rings. The lowest BCUT2D eigenvalue weighted by atomic mass is 10.1. The second-order valence-electron chi connectivity index (χ2n) is 3.28. The Morgan fingerprint density at radius 3 is 2.86 bits per heavy atom. The third-order valence-corrected chi connectivity index (χ3v) is 2.10. The summed E-state index contributed by atoms with van der Waals surface area (Å²) in [4.78, 5) is 0. The number of pyridine rings is 1. The zero-order valence-electron chi connectivity index (χ0n) is 8.62. The summed E-state index contributed by atoms with van der Waals surface area (Å²) in [6, 6.07) is 4.18. The van der Waals surface area contributed by atoms with Crippen molar-refractivity contribution in [3.05, 3.63) is 30.1 Å². The highest BCUT2D eigenvalue weighted by atomic mass is 79.9. The zero-order valence-corrected chi connectivity index (χ0v) is 10.2. The normalized spacial score (nSPS) is 9.57. The number of halogens is 1. The van der Waals surface area contributed by atoms with E-state index in [1.165, 1.54) is 18.4 Å². The van der Waals surface area contributed by atoms with Crippen molar-refractivity contribution in [1.29, 1.82) is 0 Å². The van der Waals surface area contributed by atoms with Gasteiger partial charge in [0, 0.05) is 11.6 Å². The lowest BCUT2D eigenvalue weighted by molar-refractivity contribution is -0.698. The molecule has 0 aliphatic rings. The molecule has 80 valence electrons. The Labute approximate surface area is 96.4 Å². The largest absolute Gasteiger partial charge is 1.00 e. The predicted octanol–water partition coefficient (Wildman–Crippen LogP) is -1.69. The van der Waals surface area contributed by atoms with Crippen molar-refractivity contribution in [3.63, 3.8) is 0 Å². The van der Waals surface area contributed by atoms with Gasteiger partial charge in [0.2, 0.25) is 0 Å². The maximum absolute atomic E-state index is 8.77. The van der Waals surface area contributed by atoms with Crippen LogP contribution in [0.3, 0.4) is 0 Å². The van der Waals surface area contributed by atoms with Crippen LogP contribution in [-0.4, -0.2) is 11.7 Å². The number of aliphatic hydroxyl groups is 1. The van der Waals surface area contributed by atoms with Gasteiger partial charge in [-0.25, -0.2) is 4.57 Å². The Bertz CT molecular complexity index is 253. The highest BCUT2D eigenvalue weighted by Crippen LogP contribution is 2.01. The van der Waals surface area contributed by atoms with Gasteiger partial charge in [-0.1, -0.05) is 13.3 Å². The van der Waals surface area contributed by atoms with E-state index in [0.29, 0.717) is 6.54 Å². The molecule has 0 aliphatic carbocycles. The number of hydrogen-bond acceptors (Lipinski definition) is 1. The van der Waals surface area contributed by atoms with Gasteiger partial charge in [0.25, 0.3) is 0 Å². The highest BCUT2D eigenvalue weighted by Gasteiger charge is 2.00. The molecule has 0 amide bonds. The molecule has 14 heavy (non-hydrogen) atoms. The third kappa shape index (κ3) is 4.72. The minimum atomic E-state index is 0. The number of aryl methyl sites for hydroxylation is 1. The van der Waals surface area contributed by atoms with Crippen molar-refractivity contribution < 1.29 is 26.7 Å². The van der Waals surface area contributed by atoms with E-state index in [0.717, 1.165) is 6.42 Å². The van der Waals surface area contributed by atoms with Gasteiger partial charge in [-0.05, 0) is 18.9 Å². The van der Waals surface area contributed by atoms with E-state index < -0.39 is 0 Å². The molecular formula is C11H18BrNO. The number of hydrogen-bond donors (Lipinski definition) is 1. The van der Waals surface area contributed by atoms with Gasteiger partial charge in [-0.15, -0.1) is 0 Å². The fourth-order valence-electron chi connectivity index (χ4n) is 1.36. The summed E-state index contributed by atoms with van der Waals surface area (Å²) in [7, 11) is 0. The van der Waals surface area contributed by atoms with Crippen LogP contribution in [0.5, 0.6) is 0 Å². The number of unbranched alkanes of at least 4 members (excludes halogenated alkanes) is 1. The van der Waals surface area contributed by atoms with Gasteiger partial charge >= 0.3 is 0 Å². The molecule has 0 saturated carbocycles. The Hall–Kier alpha value is -0.410. The molecule has 0 bridgehead atoms. The van der Waals surface area contributed by atoms with E-state index >= 15 is 0 Å². The maximum atomic E-state index is 8.77. The average molecular weight is 260 g/mol. The van der Waals surface area contributed by atoms with Gasteiger partial charge in [-0.3, -0.25) is 0 Å².